The highest BCUT2D eigenvalue weighted by Gasteiger charge is 2.41. The maximum Gasteiger partial charge on any atom is 0.181 e. The first-order chi connectivity index (χ1) is 7.56. The van der Waals surface area contributed by atoms with Gasteiger partial charge in [-0.25, -0.2) is 0 Å². The van der Waals surface area contributed by atoms with E-state index in [9.17, 15) is 0 Å². The number of thiocarbonyl (C=S) groups is 1. The molecule has 3 nitrogen and oxygen atoms in total. The van der Waals surface area contributed by atoms with E-state index in [0.29, 0.717) is 5.11 Å². The van der Waals surface area contributed by atoms with Crippen LogP contribution in [-0.4, -0.2) is 10.8 Å². The molecule has 2 bridgehead atoms. The van der Waals surface area contributed by atoms with Gasteiger partial charge < -0.3 is 15.4 Å². The standard InChI is InChI=1S/C11H11BrN2OS/c1-11-5-8(13-10(16)14-11)7-4-6(12)2-3-9(7)15-11/h2-4,8H,5H2,1H3,(H2,13,14,16)/t8-,11-/m0/s1. The smallest absolute Gasteiger partial charge is 0.181 e. The first kappa shape index (κ1) is 10.4. The zero-order chi connectivity index (χ0) is 11.3. The van der Waals surface area contributed by atoms with Gasteiger partial charge in [-0.15, -0.1) is 0 Å². The van der Waals surface area contributed by atoms with Crippen molar-refractivity contribution in [3.05, 3.63) is 28.2 Å². The van der Waals surface area contributed by atoms with Crippen LogP contribution >= 0.6 is 28.1 Å². The van der Waals surface area contributed by atoms with E-state index >= 15 is 0 Å². The molecule has 0 unspecified atom stereocenters. The van der Waals surface area contributed by atoms with E-state index < -0.39 is 0 Å². The molecule has 0 saturated carbocycles. The van der Waals surface area contributed by atoms with Crippen molar-refractivity contribution in [2.24, 2.45) is 0 Å². The third-order valence-electron chi connectivity index (χ3n) is 2.96. The number of hydrogen-bond acceptors (Lipinski definition) is 2. The Morgan fingerprint density at radius 1 is 1.56 bits per heavy atom. The van der Waals surface area contributed by atoms with Crippen LogP contribution in [0.25, 0.3) is 0 Å². The highest BCUT2D eigenvalue weighted by Crippen LogP contribution is 2.41. The van der Waals surface area contributed by atoms with Crippen LogP contribution in [-0.2, 0) is 0 Å². The fraction of sp³-hybridized carbons (Fsp3) is 0.364. The van der Waals surface area contributed by atoms with Crippen LogP contribution in [0.15, 0.2) is 22.7 Å². The third-order valence-corrected chi connectivity index (χ3v) is 3.67. The molecule has 5 heteroatoms. The summed E-state index contributed by atoms with van der Waals surface area (Å²) in [5.74, 6) is 0.921. The van der Waals surface area contributed by atoms with Crippen molar-refractivity contribution in [3.8, 4) is 5.75 Å². The van der Waals surface area contributed by atoms with E-state index in [1.165, 1.54) is 0 Å². The molecule has 84 valence electrons. The normalized spacial score (nSPS) is 30.9. The van der Waals surface area contributed by atoms with Gasteiger partial charge in [0.05, 0.1) is 6.04 Å². The Morgan fingerprint density at radius 2 is 2.38 bits per heavy atom. The van der Waals surface area contributed by atoms with Crippen molar-refractivity contribution in [3.63, 3.8) is 0 Å². The average Bonchev–Trinajstić information content (AvgIpc) is 2.17. The molecule has 1 aromatic carbocycles. The molecule has 1 aromatic rings. The van der Waals surface area contributed by atoms with Gasteiger partial charge in [0, 0.05) is 16.5 Å². The van der Waals surface area contributed by atoms with Gasteiger partial charge in [-0.2, -0.15) is 0 Å². The van der Waals surface area contributed by atoms with Gasteiger partial charge in [0.2, 0.25) is 0 Å². The van der Waals surface area contributed by atoms with E-state index in [1.54, 1.807) is 0 Å². The van der Waals surface area contributed by atoms with Crippen LogP contribution in [0.2, 0.25) is 0 Å². The minimum atomic E-state index is -0.381. The lowest BCUT2D eigenvalue weighted by Gasteiger charge is -2.45. The highest BCUT2D eigenvalue weighted by molar-refractivity contribution is 9.10. The molecule has 1 saturated heterocycles. The number of halogens is 1. The van der Waals surface area contributed by atoms with E-state index in [2.05, 4.69) is 32.6 Å². The molecular formula is C11H11BrN2OS. The predicted octanol–water partition coefficient (Wildman–Crippen LogP) is 2.47. The van der Waals surface area contributed by atoms with Gasteiger partial charge in [-0.05, 0) is 37.3 Å². The van der Waals surface area contributed by atoms with Crippen LogP contribution in [0.3, 0.4) is 0 Å². The average molecular weight is 299 g/mol. The first-order valence-electron chi connectivity index (χ1n) is 5.13. The van der Waals surface area contributed by atoms with Crippen molar-refractivity contribution < 1.29 is 4.74 Å². The maximum absolute atomic E-state index is 5.96. The molecule has 16 heavy (non-hydrogen) atoms. The molecule has 0 aromatic heterocycles. The highest BCUT2D eigenvalue weighted by atomic mass is 79.9. The zero-order valence-electron chi connectivity index (χ0n) is 8.71. The maximum atomic E-state index is 5.96. The van der Waals surface area contributed by atoms with Crippen molar-refractivity contribution in [2.45, 2.75) is 25.1 Å². The van der Waals surface area contributed by atoms with Gasteiger partial charge in [-0.1, -0.05) is 15.9 Å². The van der Waals surface area contributed by atoms with Crippen molar-refractivity contribution in [1.29, 1.82) is 0 Å². The Labute approximate surface area is 108 Å². The van der Waals surface area contributed by atoms with E-state index in [1.807, 2.05) is 19.1 Å². The number of rotatable bonds is 0. The van der Waals surface area contributed by atoms with Gasteiger partial charge >= 0.3 is 0 Å². The minimum Gasteiger partial charge on any atom is -0.468 e. The van der Waals surface area contributed by atoms with E-state index in [4.69, 9.17) is 17.0 Å². The van der Waals surface area contributed by atoms with E-state index in [0.717, 1.165) is 22.2 Å². The summed E-state index contributed by atoms with van der Waals surface area (Å²) < 4.78 is 7.02. The summed E-state index contributed by atoms with van der Waals surface area (Å²) in [6.07, 6.45) is 0.872. The minimum absolute atomic E-state index is 0.236. The summed E-state index contributed by atoms with van der Waals surface area (Å²) in [6, 6.07) is 6.30. The lowest BCUT2D eigenvalue weighted by molar-refractivity contribution is 0.0250. The molecule has 3 rings (SSSR count). The number of fused-ring (bicyclic) bond motifs is 4. The van der Waals surface area contributed by atoms with Crippen LogP contribution in [0.4, 0.5) is 0 Å². The lowest BCUT2D eigenvalue weighted by Crippen LogP contribution is -2.62. The summed E-state index contributed by atoms with van der Waals surface area (Å²) >= 11 is 8.66. The first-order valence-corrected chi connectivity index (χ1v) is 6.33. The van der Waals surface area contributed by atoms with Gasteiger partial charge in [0.25, 0.3) is 0 Å². The topological polar surface area (TPSA) is 33.3 Å². The summed E-state index contributed by atoms with van der Waals surface area (Å²) in [4.78, 5) is 0. The second-order valence-corrected chi connectivity index (χ2v) is 5.69. The molecule has 2 atom stereocenters. The molecule has 0 spiro atoms. The molecule has 0 aliphatic carbocycles. The zero-order valence-corrected chi connectivity index (χ0v) is 11.1. The van der Waals surface area contributed by atoms with Crippen LogP contribution in [0.5, 0.6) is 5.75 Å². The molecule has 2 heterocycles. The second kappa shape index (κ2) is 3.34. The number of hydrogen-bond donors (Lipinski definition) is 2. The predicted molar refractivity (Wildman–Crippen MR) is 69.4 cm³/mol. The SMILES string of the molecule is C[C@]12C[C@H](NC(=S)N1)c1cc(Br)ccc1O2. The van der Waals surface area contributed by atoms with Crippen LogP contribution < -0.4 is 15.4 Å². The summed E-state index contributed by atoms with van der Waals surface area (Å²) in [7, 11) is 0. The summed E-state index contributed by atoms with van der Waals surface area (Å²) in [5, 5.41) is 7.10. The molecule has 1 fully saturated rings. The molecule has 0 amide bonds. The number of benzene rings is 1. The monoisotopic (exact) mass is 298 g/mol. The van der Waals surface area contributed by atoms with Crippen molar-refractivity contribution in [1.82, 2.24) is 10.6 Å². The van der Waals surface area contributed by atoms with Crippen molar-refractivity contribution in [2.75, 3.05) is 0 Å². The number of nitrogens with one attached hydrogen (secondary N) is 2. The Hall–Kier alpha value is -0.810. The van der Waals surface area contributed by atoms with Crippen molar-refractivity contribution >= 4 is 33.3 Å². The van der Waals surface area contributed by atoms with Crippen LogP contribution in [0, 0.1) is 0 Å². The molecule has 2 N–H and O–H groups in total. The largest absolute Gasteiger partial charge is 0.468 e. The quantitative estimate of drug-likeness (QED) is 0.721. The third kappa shape index (κ3) is 1.58. The summed E-state index contributed by atoms with van der Waals surface area (Å²) in [6.45, 7) is 2.03. The Kier molecular flexibility index (Phi) is 2.16. The van der Waals surface area contributed by atoms with Gasteiger partial charge in [-0.3, -0.25) is 0 Å². The fourth-order valence-electron chi connectivity index (χ4n) is 2.31. The van der Waals surface area contributed by atoms with Gasteiger partial charge in [0.15, 0.2) is 10.8 Å². The molecule has 2 aliphatic rings. The Balaban J connectivity index is 2.10. The van der Waals surface area contributed by atoms with Gasteiger partial charge in [0.1, 0.15) is 5.75 Å². The van der Waals surface area contributed by atoms with Crippen LogP contribution in [0.1, 0.15) is 24.9 Å². The molecular weight excluding hydrogens is 288 g/mol. The lowest BCUT2D eigenvalue weighted by atomic mass is 9.92. The second-order valence-electron chi connectivity index (χ2n) is 4.37. The molecule has 2 aliphatic heterocycles. The summed E-state index contributed by atoms with van der Waals surface area (Å²) in [5.41, 5.74) is 0.782. The molecule has 0 radical (unpaired) electrons. The van der Waals surface area contributed by atoms with E-state index in [-0.39, 0.29) is 11.8 Å². The Morgan fingerprint density at radius 3 is 3.19 bits per heavy atom. The Bertz CT molecular complexity index is 479. The number of ether oxygens (including phenoxy) is 1. The fourth-order valence-corrected chi connectivity index (χ4v) is 3.05.